The van der Waals surface area contributed by atoms with Gasteiger partial charge < -0.3 is 40.8 Å². The van der Waals surface area contributed by atoms with Gasteiger partial charge in [-0.05, 0) is 17.9 Å². The third kappa shape index (κ3) is 4.68. The second kappa shape index (κ2) is 9.01. The number of nitrogens with zero attached hydrogens (tertiary/aromatic N) is 3. The predicted molar refractivity (Wildman–Crippen MR) is 110 cm³/mol. The van der Waals surface area contributed by atoms with Crippen LogP contribution < -0.4 is 20.7 Å². The average molecular weight is 457 g/mol. The molecule has 1 atom stereocenters. The first kappa shape index (κ1) is 22.7. The van der Waals surface area contributed by atoms with Crippen LogP contribution in [-0.2, 0) is 9.53 Å². The summed E-state index contributed by atoms with van der Waals surface area (Å²) in [5.41, 5.74) is -0.734. The van der Waals surface area contributed by atoms with Gasteiger partial charge in [0.05, 0.1) is 23.4 Å². The van der Waals surface area contributed by atoms with Gasteiger partial charge in [-0.15, -0.1) is 0 Å². The molecule has 0 aromatic heterocycles. The van der Waals surface area contributed by atoms with Crippen molar-refractivity contribution in [3.05, 3.63) is 85.7 Å². The summed E-state index contributed by atoms with van der Waals surface area (Å²) in [7, 11) is 0.971. The van der Waals surface area contributed by atoms with Crippen LogP contribution in [0, 0.1) is 20.5 Å². The van der Waals surface area contributed by atoms with E-state index in [1.165, 1.54) is 24.3 Å². The lowest BCUT2D eigenvalue weighted by atomic mass is 10.0. The number of carbonyl (C=O) groups excluding carboxylic acids is 1. The molecule has 14 nitrogen and oxygen atoms in total. The number of aliphatic hydroxyl groups excluding tert-OH is 1. The number of aromatic amines is 1. The molecule has 0 radical (unpaired) electrons. The minimum Gasteiger partial charge on any atom is -0.871 e. The molecule has 33 heavy (non-hydrogen) atoms. The fraction of sp³-hybridized carbons (Fsp3) is 0.105. The number of anilines is 1. The molecular formula is C19H15N5O9-2. The van der Waals surface area contributed by atoms with Crippen LogP contribution in [-0.4, -0.2) is 38.2 Å². The fourth-order valence-corrected chi connectivity index (χ4v) is 2.90. The number of hydrogen-bond acceptors (Lipinski definition) is 11. The number of aromatic hydroxyl groups is 1. The molecular weight excluding hydrogens is 442 g/mol. The zero-order valence-corrected chi connectivity index (χ0v) is 16.7. The molecule has 172 valence electrons. The first-order valence-electron chi connectivity index (χ1n) is 9.02. The van der Waals surface area contributed by atoms with Crippen molar-refractivity contribution >= 4 is 17.3 Å². The van der Waals surface area contributed by atoms with Crippen molar-refractivity contribution in [1.29, 1.82) is 0 Å². The zero-order chi connectivity index (χ0) is 24.3. The van der Waals surface area contributed by atoms with Crippen LogP contribution in [0.3, 0.4) is 0 Å². The summed E-state index contributed by atoms with van der Waals surface area (Å²) in [5, 5.41) is 68.2. The summed E-state index contributed by atoms with van der Waals surface area (Å²) in [6.07, 6.45) is 0. The minimum absolute atomic E-state index is 0.0202. The van der Waals surface area contributed by atoms with Crippen molar-refractivity contribution in [3.63, 3.8) is 0 Å². The number of esters is 1. The number of ether oxygens (including phenoxy) is 1. The van der Waals surface area contributed by atoms with Gasteiger partial charge in [-0.2, -0.15) is 4.90 Å². The molecule has 3 rings (SSSR count). The molecule has 14 heteroatoms. The number of aromatic nitrogens is 2. The van der Waals surface area contributed by atoms with Crippen LogP contribution in [0.2, 0.25) is 0 Å². The van der Waals surface area contributed by atoms with Gasteiger partial charge in [-0.25, -0.2) is 4.98 Å². The molecule has 0 bridgehead atoms. The van der Waals surface area contributed by atoms with Crippen molar-refractivity contribution in [2.75, 3.05) is 12.4 Å². The van der Waals surface area contributed by atoms with Crippen LogP contribution in [0.25, 0.3) is 11.4 Å². The van der Waals surface area contributed by atoms with Crippen molar-refractivity contribution < 1.29 is 29.8 Å². The Hall–Kier alpha value is -5.01. The van der Waals surface area contributed by atoms with Crippen LogP contribution in [0.4, 0.5) is 11.4 Å². The van der Waals surface area contributed by atoms with E-state index in [-0.39, 0.29) is 28.1 Å². The molecule has 1 unspecified atom stereocenters. The van der Waals surface area contributed by atoms with Crippen molar-refractivity contribution in [3.8, 4) is 17.3 Å². The summed E-state index contributed by atoms with van der Waals surface area (Å²) < 4.78 is 4.60. The van der Waals surface area contributed by atoms with E-state index in [1.54, 1.807) is 0 Å². The Morgan fingerprint density at radius 3 is 2.58 bits per heavy atom. The van der Waals surface area contributed by atoms with Crippen LogP contribution in [0.15, 0.2) is 54.1 Å². The Bertz CT molecular complexity index is 1300. The molecule has 0 saturated carbocycles. The number of hydrogen-bond donors (Lipinski definition) is 4. The lowest BCUT2D eigenvalue weighted by Gasteiger charge is -2.25. The predicted octanol–water partition coefficient (Wildman–Crippen LogP) is 0.352. The SMILES string of the molecule is COC(=O)C(C([O-])=C(O)Nc1cccc([N+](=O)[O-])c1)c1nc2ccc(=[N+]([O-])[O-])cc-2[nH]c1O. The largest absolute Gasteiger partial charge is 0.871 e. The van der Waals surface area contributed by atoms with Crippen molar-refractivity contribution in [1.82, 2.24) is 14.9 Å². The highest BCUT2D eigenvalue weighted by molar-refractivity contribution is 5.82. The highest BCUT2D eigenvalue weighted by atomic mass is 16.8. The number of fused-ring (bicyclic) bond motifs is 1. The van der Waals surface area contributed by atoms with Gasteiger partial charge in [-0.1, -0.05) is 6.07 Å². The van der Waals surface area contributed by atoms with Crippen LogP contribution >= 0.6 is 0 Å². The number of rotatable bonds is 6. The van der Waals surface area contributed by atoms with Crippen LogP contribution in [0.5, 0.6) is 5.88 Å². The summed E-state index contributed by atoms with van der Waals surface area (Å²) in [4.78, 5) is 28.3. The molecule has 0 amide bonds. The molecule has 1 heterocycles. The molecule has 2 aliphatic rings. The van der Waals surface area contributed by atoms with Gasteiger partial charge in [0.2, 0.25) is 11.2 Å². The van der Waals surface area contributed by atoms with Gasteiger partial charge in [0.25, 0.3) is 5.69 Å². The summed E-state index contributed by atoms with van der Waals surface area (Å²) in [6.45, 7) is 0. The lowest BCUT2D eigenvalue weighted by Crippen LogP contribution is -2.28. The molecule has 0 saturated heterocycles. The van der Waals surface area contributed by atoms with E-state index in [2.05, 4.69) is 20.0 Å². The number of carbonyl (C=O) groups is 1. The van der Waals surface area contributed by atoms with Crippen LogP contribution in [0.1, 0.15) is 11.6 Å². The van der Waals surface area contributed by atoms with E-state index >= 15 is 0 Å². The average Bonchev–Trinajstić information content (AvgIpc) is 2.78. The Morgan fingerprint density at radius 2 is 1.94 bits per heavy atom. The highest BCUT2D eigenvalue weighted by Crippen LogP contribution is 2.32. The minimum atomic E-state index is -1.93. The molecule has 1 aliphatic carbocycles. The van der Waals surface area contributed by atoms with E-state index in [4.69, 9.17) is 0 Å². The third-order valence-electron chi connectivity index (χ3n) is 4.45. The number of nitrogens with one attached hydrogen (secondary N) is 2. The zero-order valence-electron chi connectivity index (χ0n) is 16.7. The number of non-ortho nitro benzene ring substituents is 1. The Labute approximate surface area is 184 Å². The number of nitro benzene ring substituents is 1. The maximum atomic E-state index is 12.9. The second-order valence-corrected chi connectivity index (χ2v) is 6.53. The van der Waals surface area contributed by atoms with Gasteiger partial charge >= 0.3 is 5.97 Å². The summed E-state index contributed by atoms with van der Waals surface area (Å²) >= 11 is 0. The van der Waals surface area contributed by atoms with Gasteiger partial charge in [0, 0.05) is 30.0 Å². The van der Waals surface area contributed by atoms with E-state index in [9.17, 15) is 40.6 Å². The number of nitro groups is 1. The van der Waals surface area contributed by atoms with E-state index in [1.807, 2.05) is 0 Å². The smallest absolute Gasteiger partial charge is 0.318 e. The topological polar surface area (TPSA) is 223 Å². The molecule has 0 fully saturated rings. The quantitative estimate of drug-likeness (QED) is 0.171. The van der Waals surface area contributed by atoms with E-state index in [0.717, 1.165) is 25.3 Å². The maximum Gasteiger partial charge on any atom is 0.318 e. The lowest BCUT2D eigenvalue weighted by molar-refractivity contribution is -0.384. The Kier molecular flexibility index (Phi) is 6.19. The number of methoxy groups -OCH3 is 1. The second-order valence-electron chi connectivity index (χ2n) is 6.53. The van der Waals surface area contributed by atoms with Gasteiger partial charge in [0.1, 0.15) is 11.6 Å². The Morgan fingerprint density at radius 1 is 1.21 bits per heavy atom. The summed E-state index contributed by atoms with van der Waals surface area (Å²) in [6, 6.07) is 8.33. The molecule has 1 aromatic carbocycles. The standard InChI is InChI=1S/C19H16N5O9/c1-33-19(28)14(16(25)18(27)20-9-3-2-4-10(7-9)23(29)30)15-17(26)22-13-8-11(24(31)32)5-6-12(13)21-15/h2-8,14,20,22H,1H3,(H3-,21,25,26,27,31,32)/q-1/p-1. The molecule has 1 aromatic rings. The third-order valence-corrected chi connectivity index (χ3v) is 4.45. The molecule has 4 N–H and O–H groups in total. The first-order chi connectivity index (χ1) is 15.6. The van der Waals surface area contributed by atoms with Gasteiger partial charge in [0.15, 0.2) is 5.88 Å². The number of aliphatic hydroxyl groups is 1. The molecule has 0 spiro atoms. The Balaban J connectivity index is 2.08. The highest BCUT2D eigenvalue weighted by Gasteiger charge is 2.29. The number of benzene rings is 2. The fourth-order valence-electron chi connectivity index (χ4n) is 2.90. The number of H-pyrrole nitrogens is 1. The summed E-state index contributed by atoms with van der Waals surface area (Å²) in [5.74, 6) is -6.21. The van der Waals surface area contributed by atoms with Crippen molar-refractivity contribution in [2.45, 2.75) is 5.92 Å². The normalized spacial score (nSPS) is 12.5. The van der Waals surface area contributed by atoms with E-state index < -0.39 is 44.9 Å². The molecule has 1 aliphatic heterocycles. The monoisotopic (exact) mass is 457 g/mol. The van der Waals surface area contributed by atoms with Gasteiger partial charge in [-0.3, -0.25) is 14.9 Å². The maximum absolute atomic E-state index is 12.9. The first-order valence-corrected chi connectivity index (χ1v) is 9.02. The van der Waals surface area contributed by atoms with Crippen molar-refractivity contribution in [2.24, 2.45) is 0 Å². The van der Waals surface area contributed by atoms with E-state index in [0.29, 0.717) is 0 Å².